The summed E-state index contributed by atoms with van der Waals surface area (Å²) in [5.74, 6) is -0.0747. The molecule has 22 heavy (non-hydrogen) atoms. The second kappa shape index (κ2) is 6.43. The molecular weight excluding hydrogens is 274 g/mol. The van der Waals surface area contributed by atoms with Crippen molar-refractivity contribution in [3.8, 4) is 0 Å². The van der Waals surface area contributed by atoms with Gasteiger partial charge in [0.1, 0.15) is 0 Å². The fourth-order valence-electron chi connectivity index (χ4n) is 2.47. The van der Waals surface area contributed by atoms with E-state index >= 15 is 0 Å². The van der Waals surface area contributed by atoms with Crippen LogP contribution in [0.3, 0.4) is 0 Å². The molecule has 0 aliphatic rings. The number of fused-ring (bicyclic) bond motifs is 3. The number of carbonyl (C=O) groups is 1. The molecule has 4 nitrogen and oxygen atoms in total. The number of hydrogen-bond acceptors (Lipinski definition) is 2. The molecule has 2 heterocycles. The van der Waals surface area contributed by atoms with Crippen LogP contribution < -0.4 is 5.32 Å². The van der Waals surface area contributed by atoms with Gasteiger partial charge in [0.25, 0.3) is 0 Å². The Morgan fingerprint density at radius 1 is 1.27 bits per heavy atom. The Labute approximate surface area is 129 Å². The highest BCUT2D eigenvalue weighted by atomic mass is 16.1. The minimum absolute atomic E-state index is 0.0747. The molecule has 112 valence electrons. The van der Waals surface area contributed by atoms with E-state index in [0.29, 0.717) is 6.54 Å². The number of amides is 1. The van der Waals surface area contributed by atoms with Crippen LogP contribution in [0.2, 0.25) is 0 Å². The number of unbranched alkanes of at least 4 members (excludes halogenated alkanes) is 1. The normalized spacial score (nSPS) is 11.5. The maximum absolute atomic E-state index is 11.7. The molecule has 0 aliphatic carbocycles. The Bertz CT molecular complexity index is 833. The number of aromatic amines is 1. The summed E-state index contributed by atoms with van der Waals surface area (Å²) in [4.78, 5) is 19.4. The maximum atomic E-state index is 11.7. The topological polar surface area (TPSA) is 57.8 Å². The fourth-order valence-corrected chi connectivity index (χ4v) is 2.47. The van der Waals surface area contributed by atoms with Gasteiger partial charge in [0.15, 0.2) is 0 Å². The van der Waals surface area contributed by atoms with Crippen molar-refractivity contribution in [2.75, 3.05) is 6.54 Å². The van der Waals surface area contributed by atoms with Crippen molar-refractivity contribution in [3.63, 3.8) is 0 Å². The molecular formula is C18H19N3O. The van der Waals surface area contributed by atoms with E-state index in [1.165, 1.54) is 5.39 Å². The zero-order chi connectivity index (χ0) is 15.4. The van der Waals surface area contributed by atoms with Gasteiger partial charge < -0.3 is 10.3 Å². The minimum Gasteiger partial charge on any atom is -0.353 e. The third-order valence-corrected chi connectivity index (χ3v) is 3.65. The highest BCUT2D eigenvalue weighted by Gasteiger charge is 2.04. The summed E-state index contributed by atoms with van der Waals surface area (Å²) < 4.78 is 0. The number of carbonyl (C=O) groups excluding carboxylic acids is 1. The molecule has 3 rings (SSSR count). The van der Waals surface area contributed by atoms with E-state index < -0.39 is 0 Å². The van der Waals surface area contributed by atoms with Gasteiger partial charge in [0, 0.05) is 28.9 Å². The zero-order valence-corrected chi connectivity index (χ0v) is 12.6. The number of hydrogen-bond donors (Lipinski definition) is 2. The first-order valence-corrected chi connectivity index (χ1v) is 7.60. The number of aromatic nitrogens is 2. The minimum atomic E-state index is -0.0747. The third kappa shape index (κ3) is 3.01. The molecule has 0 radical (unpaired) electrons. The van der Waals surface area contributed by atoms with E-state index in [1.807, 2.05) is 30.5 Å². The van der Waals surface area contributed by atoms with Gasteiger partial charge in [-0.25, -0.2) is 0 Å². The number of pyridine rings is 1. The van der Waals surface area contributed by atoms with Gasteiger partial charge >= 0.3 is 0 Å². The Morgan fingerprint density at radius 3 is 3.00 bits per heavy atom. The molecule has 0 unspecified atom stereocenters. The van der Waals surface area contributed by atoms with Crippen molar-refractivity contribution in [3.05, 3.63) is 48.3 Å². The van der Waals surface area contributed by atoms with Crippen LogP contribution in [0.4, 0.5) is 0 Å². The summed E-state index contributed by atoms with van der Waals surface area (Å²) in [5.41, 5.74) is 2.88. The molecule has 0 fully saturated rings. The molecule has 0 bridgehead atoms. The van der Waals surface area contributed by atoms with Crippen molar-refractivity contribution in [1.82, 2.24) is 15.3 Å². The first kappa shape index (κ1) is 14.3. The monoisotopic (exact) mass is 293 g/mol. The lowest BCUT2D eigenvalue weighted by Crippen LogP contribution is -2.21. The molecule has 2 N–H and O–H groups in total. The molecule has 0 saturated carbocycles. The Morgan fingerprint density at radius 2 is 2.14 bits per heavy atom. The van der Waals surface area contributed by atoms with E-state index in [2.05, 4.69) is 28.3 Å². The van der Waals surface area contributed by atoms with Crippen molar-refractivity contribution in [2.24, 2.45) is 0 Å². The second-order valence-corrected chi connectivity index (χ2v) is 5.30. The Hall–Kier alpha value is -2.62. The third-order valence-electron chi connectivity index (χ3n) is 3.65. The summed E-state index contributed by atoms with van der Waals surface area (Å²) in [6.45, 7) is 2.82. The smallest absolute Gasteiger partial charge is 0.244 e. The summed E-state index contributed by atoms with van der Waals surface area (Å²) in [6, 6.07) is 10.2. The number of para-hydroxylation sites is 1. The lowest BCUT2D eigenvalue weighted by Gasteiger charge is -1.99. The maximum Gasteiger partial charge on any atom is 0.244 e. The molecule has 0 spiro atoms. The first-order chi connectivity index (χ1) is 10.8. The van der Waals surface area contributed by atoms with Crippen LogP contribution in [-0.4, -0.2) is 22.4 Å². The van der Waals surface area contributed by atoms with Gasteiger partial charge in [-0.15, -0.1) is 0 Å². The van der Waals surface area contributed by atoms with Crippen molar-refractivity contribution >= 4 is 33.8 Å². The summed E-state index contributed by atoms with van der Waals surface area (Å²) in [7, 11) is 0. The molecule has 3 aromatic rings. The average molecular weight is 293 g/mol. The van der Waals surface area contributed by atoms with Gasteiger partial charge in [-0.3, -0.25) is 9.78 Å². The SMILES string of the molecule is CCCCNC(=O)/C=C/c1cc2c(cn1)[nH]c1ccccc12. The van der Waals surface area contributed by atoms with Crippen LogP contribution in [0.1, 0.15) is 25.5 Å². The van der Waals surface area contributed by atoms with E-state index in [9.17, 15) is 4.79 Å². The van der Waals surface area contributed by atoms with E-state index in [-0.39, 0.29) is 5.91 Å². The molecule has 2 aromatic heterocycles. The predicted molar refractivity (Wildman–Crippen MR) is 90.6 cm³/mol. The predicted octanol–water partition coefficient (Wildman–Crippen LogP) is 3.65. The van der Waals surface area contributed by atoms with Crippen LogP contribution in [0.15, 0.2) is 42.6 Å². The van der Waals surface area contributed by atoms with Gasteiger partial charge in [-0.2, -0.15) is 0 Å². The van der Waals surface area contributed by atoms with E-state index in [0.717, 1.165) is 35.0 Å². The van der Waals surface area contributed by atoms with Crippen LogP contribution in [0.5, 0.6) is 0 Å². The Balaban J connectivity index is 1.82. The lowest BCUT2D eigenvalue weighted by atomic mass is 10.1. The van der Waals surface area contributed by atoms with Gasteiger partial charge in [0.2, 0.25) is 5.91 Å². The quantitative estimate of drug-likeness (QED) is 0.557. The number of rotatable bonds is 5. The lowest BCUT2D eigenvalue weighted by molar-refractivity contribution is -0.116. The summed E-state index contributed by atoms with van der Waals surface area (Å²) in [5, 5.41) is 5.15. The standard InChI is InChI=1S/C18H19N3O/c1-2-3-10-19-18(22)9-8-13-11-15-14-6-4-5-7-16(14)21-17(15)12-20-13/h4-9,11-12,21H,2-3,10H2,1H3,(H,19,22)/b9-8+. The fraction of sp³-hybridized carbons (Fsp3) is 0.222. The van der Waals surface area contributed by atoms with Crippen molar-refractivity contribution in [1.29, 1.82) is 0 Å². The van der Waals surface area contributed by atoms with Crippen LogP contribution in [-0.2, 0) is 4.79 Å². The molecule has 0 atom stereocenters. The van der Waals surface area contributed by atoms with Crippen LogP contribution in [0, 0.1) is 0 Å². The average Bonchev–Trinajstić information content (AvgIpc) is 2.91. The number of nitrogens with one attached hydrogen (secondary N) is 2. The second-order valence-electron chi connectivity index (χ2n) is 5.30. The molecule has 1 aromatic carbocycles. The first-order valence-electron chi connectivity index (χ1n) is 7.60. The largest absolute Gasteiger partial charge is 0.353 e. The Kier molecular flexibility index (Phi) is 4.19. The van der Waals surface area contributed by atoms with Crippen molar-refractivity contribution < 1.29 is 4.79 Å². The van der Waals surface area contributed by atoms with Gasteiger partial charge in [-0.1, -0.05) is 31.5 Å². The summed E-state index contributed by atoms with van der Waals surface area (Å²) in [6.07, 6.45) is 7.17. The number of H-pyrrole nitrogens is 1. The van der Waals surface area contributed by atoms with E-state index in [4.69, 9.17) is 0 Å². The highest BCUT2D eigenvalue weighted by molar-refractivity contribution is 6.07. The molecule has 4 heteroatoms. The van der Waals surface area contributed by atoms with Crippen molar-refractivity contribution in [2.45, 2.75) is 19.8 Å². The zero-order valence-electron chi connectivity index (χ0n) is 12.6. The van der Waals surface area contributed by atoms with Crippen LogP contribution >= 0.6 is 0 Å². The molecule has 0 saturated heterocycles. The van der Waals surface area contributed by atoms with Gasteiger partial charge in [-0.05, 0) is 24.6 Å². The van der Waals surface area contributed by atoms with Gasteiger partial charge in [0.05, 0.1) is 17.4 Å². The number of nitrogens with zero attached hydrogens (tertiary/aromatic N) is 1. The number of benzene rings is 1. The van der Waals surface area contributed by atoms with Crippen LogP contribution in [0.25, 0.3) is 27.9 Å². The molecule has 0 aliphatic heterocycles. The van der Waals surface area contributed by atoms with E-state index in [1.54, 1.807) is 12.2 Å². The summed E-state index contributed by atoms with van der Waals surface area (Å²) >= 11 is 0. The highest BCUT2D eigenvalue weighted by Crippen LogP contribution is 2.25. The molecule has 1 amide bonds.